The van der Waals surface area contributed by atoms with Gasteiger partial charge in [0.2, 0.25) is 0 Å². The van der Waals surface area contributed by atoms with Crippen LogP contribution >= 0.6 is 0 Å². The Morgan fingerprint density at radius 3 is 2.04 bits per heavy atom. The van der Waals surface area contributed by atoms with Gasteiger partial charge in [0.1, 0.15) is 13.8 Å². The van der Waals surface area contributed by atoms with Gasteiger partial charge in [0, 0.05) is 5.56 Å². The molecule has 0 saturated carbocycles. The molecule has 0 heterocycles. The van der Waals surface area contributed by atoms with Crippen LogP contribution in [0.15, 0.2) is 24.3 Å². The van der Waals surface area contributed by atoms with Gasteiger partial charge in [-0.25, -0.2) is 0 Å². The Labute approximate surface area is 143 Å². The van der Waals surface area contributed by atoms with E-state index in [0.717, 1.165) is 16.7 Å². The Balaban J connectivity index is 3.25. The van der Waals surface area contributed by atoms with Crippen molar-refractivity contribution in [2.75, 3.05) is 0 Å². The second-order valence-corrected chi connectivity index (χ2v) is 13.1. The summed E-state index contributed by atoms with van der Waals surface area (Å²) in [5.74, 6) is 3.68. The van der Waals surface area contributed by atoms with Gasteiger partial charge in [0.05, 0.1) is 0 Å². The van der Waals surface area contributed by atoms with Crippen LogP contribution in [0.5, 0.6) is 5.75 Å². The number of phenolic OH excluding ortho intramolecular Hbond substituents is 1. The summed E-state index contributed by atoms with van der Waals surface area (Å²) in [4.78, 5) is 0. The highest BCUT2D eigenvalue weighted by molar-refractivity contribution is 6.90. The molecule has 0 radical (unpaired) electrons. The Kier molecular flexibility index (Phi) is 6.71. The van der Waals surface area contributed by atoms with Crippen molar-refractivity contribution in [3.8, 4) is 17.2 Å². The Bertz CT molecular complexity index is 605. The summed E-state index contributed by atoms with van der Waals surface area (Å²) >= 11 is 0. The first-order valence-electron chi connectivity index (χ1n) is 8.62. The molecule has 0 aliphatic rings. The molecule has 1 aromatic rings. The number of rotatable bonds is 4. The summed E-state index contributed by atoms with van der Waals surface area (Å²) in [7, 11) is -1.69. The normalized spacial score (nSPS) is 12.7. The first-order valence-corrected chi connectivity index (χ1v) is 10.9. The van der Waals surface area contributed by atoms with Crippen LogP contribution < -0.4 is 0 Å². The lowest BCUT2D eigenvalue weighted by molar-refractivity contribution is 0.473. The van der Waals surface area contributed by atoms with Crippen LogP contribution in [0.1, 0.15) is 59.6 Å². The quantitative estimate of drug-likeness (QED) is 0.506. The predicted molar refractivity (Wildman–Crippen MR) is 105 cm³/mol. The predicted octanol–water partition coefficient (Wildman–Crippen LogP) is 6.33. The number of hydrogen-bond donors (Lipinski definition) is 1. The van der Waals surface area contributed by atoms with Gasteiger partial charge >= 0.3 is 0 Å². The maximum absolute atomic E-state index is 10.0. The molecule has 0 amide bonds. The van der Waals surface area contributed by atoms with Crippen molar-refractivity contribution in [2.45, 2.75) is 72.0 Å². The van der Waals surface area contributed by atoms with Crippen LogP contribution in [0, 0.1) is 18.4 Å². The van der Waals surface area contributed by atoms with Crippen LogP contribution in [0.25, 0.3) is 5.57 Å². The van der Waals surface area contributed by atoms with E-state index >= 15 is 0 Å². The Morgan fingerprint density at radius 1 is 1.04 bits per heavy atom. The van der Waals surface area contributed by atoms with Crippen molar-refractivity contribution in [3.63, 3.8) is 0 Å². The summed E-state index contributed by atoms with van der Waals surface area (Å²) in [6.07, 6.45) is 1.98. The van der Waals surface area contributed by atoms with E-state index in [-0.39, 0.29) is 0 Å². The van der Waals surface area contributed by atoms with Crippen LogP contribution in [0.2, 0.25) is 16.6 Å². The molecular formula is C21H32OSi. The highest BCUT2D eigenvalue weighted by Crippen LogP contribution is 2.40. The van der Waals surface area contributed by atoms with E-state index in [0.29, 0.717) is 22.4 Å². The van der Waals surface area contributed by atoms with Crippen molar-refractivity contribution in [1.29, 1.82) is 0 Å². The molecule has 1 aromatic carbocycles. The van der Waals surface area contributed by atoms with E-state index in [1.165, 1.54) is 0 Å². The first-order chi connectivity index (χ1) is 10.6. The number of benzene rings is 1. The number of aryl methyl sites for hydroxylation is 1. The van der Waals surface area contributed by atoms with E-state index in [2.05, 4.69) is 53.0 Å². The molecule has 23 heavy (non-hydrogen) atoms. The minimum absolute atomic E-state index is 0.325. The van der Waals surface area contributed by atoms with Gasteiger partial charge in [-0.3, -0.25) is 0 Å². The molecule has 1 nitrogen and oxygen atoms in total. The molecule has 0 bridgehead atoms. The topological polar surface area (TPSA) is 20.2 Å². The number of phenols is 1. The fraction of sp³-hybridized carbons (Fsp3) is 0.524. The molecule has 0 aliphatic carbocycles. The molecule has 0 atom stereocenters. The van der Waals surface area contributed by atoms with Crippen molar-refractivity contribution in [2.24, 2.45) is 0 Å². The minimum atomic E-state index is -1.69. The van der Waals surface area contributed by atoms with Crippen LogP contribution in [0.3, 0.4) is 0 Å². The van der Waals surface area contributed by atoms with Crippen LogP contribution in [-0.4, -0.2) is 13.2 Å². The molecule has 0 aromatic heterocycles. The molecule has 0 unspecified atom stereocenters. The maximum Gasteiger partial charge on any atom is 0.146 e. The Morgan fingerprint density at radius 2 is 1.57 bits per heavy atom. The van der Waals surface area contributed by atoms with Gasteiger partial charge in [-0.05, 0) is 54.3 Å². The van der Waals surface area contributed by atoms with E-state index in [1.54, 1.807) is 6.07 Å². The standard InChI is InChI=1S/C21H32OSi/c1-15(2)23(16(3)4,17(5)6)13-9-10-19(8)20-14-18(7)11-12-21(20)22/h10-12,14-17,22H,1-8H3/b19-10-. The third-order valence-corrected chi connectivity index (χ3v) is 11.3. The molecule has 0 aliphatic heterocycles. The lowest BCUT2D eigenvalue weighted by atomic mass is 10.0. The van der Waals surface area contributed by atoms with Crippen molar-refractivity contribution in [3.05, 3.63) is 35.4 Å². The zero-order chi connectivity index (χ0) is 17.8. The van der Waals surface area contributed by atoms with E-state index < -0.39 is 8.07 Å². The zero-order valence-corrected chi connectivity index (χ0v) is 17.0. The van der Waals surface area contributed by atoms with Gasteiger partial charge < -0.3 is 5.11 Å². The fourth-order valence-corrected chi connectivity index (χ4v) is 8.93. The van der Waals surface area contributed by atoms with E-state index in [1.807, 2.05) is 32.1 Å². The zero-order valence-electron chi connectivity index (χ0n) is 16.0. The van der Waals surface area contributed by atoms with Gasteiger partial charge in [-0.2, -0.15) is 0 Å². The SMILES string of the molecule is C/C(=C/C#C[Si](C(C)C)(C(C)C)C(C)C)c1cc(C)ccc1O. The number of allylic oxidation sites excluding steroid dienone is 2. The maximum atomic E-state index is 10.0. The molecule has 2 heteroatoms. The fourth-order valence-electron chi connectivity index (χ4n) is 3.75. The van der Waals surface area contributed by atoms with Gasteiger partial charge in [-0.1, -0.05) is 59.1 Å². The second-order valence-electron chi connectivity index (χ2n) is 7.51. The van der Waals surface area contributed by atoms with Crippen molar-refractivity contribution in [1.82, 2.24) is 0 Å². The summed E-state index contributed by atoms with van der Waals surface area (Å²) < 4.78 is 0. The van der Waals surface area contributed by atoms with E-state index in [9.17, 15) is 5.11 Å². The van der Waals surface area contributed by atoms with Crippen LogP contribution in [0.4, 0.5) is 0 Å². The second kappa shape index (κ2) is 7.88. The molecular weight excluding hydrogens is 296 g/mol. The number of aromatic hydroxyl groups is 1. The molecule has 0 saturated heterocycles. The van der Waals surface area contributed by atoms with Crippen molar-refractivity contribution >= 4 is 13.6 Å². The number of hydrogen-bond acceptors (Lipinski definition) is 1. The molecule has 1 rings (SSSR count). The van der Waals surface area contributed by atoms with Crippen molar-refractivity contribution < 1.29 is 5.11 Å². The molecule has 0 fully saturated rings. The molecule has 1 N–H and O–H groups in total. The molecule has 126 valence electrons. The third kappa shape index (κ3) is 4.29. The van der Waals surface area contributed by atoms with Gasteiger partial charge in [-0.15, -0.1) is 5.54 Å². The monoisotopic (exact) mass is 328 g/mol. The first kappa shape index (κ1) is 19.6. The lowest BCUT2D eigenvalue weighted by Crippen LogP contribution is -2.43. The average Bonchev–Trinajstić information content (AvgIpc) is 2.44. The highest BCUT2D eigenvalue weighted by Gasteiger charge is 2.41. The largest absolute Gasteiger partial charge is 0.507 e. The Hall–Kier alpha value is -1.46. The summed E-state index contributed by atoms with van der Waals surface area (Å²) in [5, 5.41) is 10.0. The minimum Gasteiger partial charge on any atom is -0.507 e. The van der Waals surface area contributed by atoms with E-state index in [4.69, 9.17) is 0 Å². The highest BCUT2D eigenvalue weighted by atomic mass is 28.3. The van der Waals surface area contributed by atoms with Crippen LogP contribution in [-0.2, 0) is 0 Å². The summed E-state index contributed by atoms with van der Waals surface area (Å²) in [6, 6.07) is 5.69. The third-order valence-electron chi connectivity index (χ3n) is 5.02. The van der Waals surface area contributed by atoms with Gasteiger partial charge in [0.15, 0.2) is 0 Å². The average molecular weight is 329 g/mol. The summed E-state index contributed by atoms with van der Waals surface area (Å²) in [5.41, 5.74) is 8.66. The lowest BCUT2D eigenvalue weighted by Gasteiger charge is -2.38. The smallest absolute Gasteiger partial charge is 0.146 e. The van der Waals surface area contributed by atoms with Gasteiger partial charge in [0.25, 0.3) is 0 Å². The summed E-state index contributed by atoms with van der Waals surface area (Å²) in [6.45, 7) is 18.0. The molecule has 0 spiro atoms.